The summed E-state index contributed by atoms with van der Waals surface area (Å²) in [4.78, 5) is 12.6. The Balaban J connectivity index is 2.20. The van der Waals surface area contributed by atoms with E-state index < -0.39 is 42.2 Å². The van der Waals surface area contributed by atoms with Gasteiger partial charge in [0.05, 0.1) is 17.6 Å². The Morgan fingerprint density at radius 3 is 2.52 bits per heavy atom. The van der Waals surface area contributed by atoms with Crippen LogP contribution in [0.4, 0.5) is 5.69 Å². The smallest absolute Gasteiger partial charge is 0.269 e. The van der Waals surface area contributed by atoms with E-state index in [2.05, 4.69) is 10.0 Å². The van der Waals surface area contributed by atoms with Crippen LogP contribution in [0.1, 0.15) is 0 Å². The molecule has 1 aliphatic rings. The number of rotatable bonds is 5. The monoisotopic (exact) mass is 326 g/mol. The van der Waals surface area contributed by atoms with Gasteiger partial charge in [0.2, 0.25) is 6.29 Å². The van der Waals surface area contributed by atoms with E-state index in [9.17, 15) is 20.3 Å². The number of benzene rings is 1. The first-order chi connectivity index (χ1) is 11.0. The number of nitro benzene ring substituents is 1. The van der Waals surface area contributed by atoms with E-state index in [4.69, 9.17) is 20.1 Å². The highest BCUT2D eigenvalue weighted by atomic mass is 16.7. The molecular formula is C12H14N4O7. The molecule has 11 heteroatoms. The predicted molar refractivity (Wildman–Crippen MR) is 74.4 cm³/mol. The Hall–Kier alpha value is -2.43. The van der Waals surface area contributed by atoms with Gasteiger partial charge in [-0.05, 0) is 17.7 Å². The highest BCUT2D eigenvalue weighted by Gasteiger charge is 2.45. The average Bonchev–Trinajstić information content (AvgIpc) is 2.54. The van der Waals surface area contributed by atoms with Gasteiger partial charge in [-0.3, -0.25) is 10.1 Å². The summed E-state index contributed by atoms with van der Waals surface area (Å²) in [7, 11) is 0. The van der Waals surface area contributed by atoms with Crippen LogP contribution in [-0.4, -0.2) is 57.5 Å². The molecule has 23 heavy (non-hydrogen) atoms. The van der Waals surface area contributed by atoms with Crippen molar-refractivity contribution < 1.29 is 29.7 Å². The predicted octanol–water partition coefficient (Wildman–Crippen LogP) is 0.0915. The SMILES string of the molecule is [N-]=[N+]=N[C@H]1[C@H](Oc2ccc([N+](=O)[O-])cc2)O[C@@H](CO)[C@@H](O)[C@H]1O. The fourth-order valence-electron chi connectivity index (χ4n) is 2.13. The van der Waals surface area contributed by atoms with Gasteiger partial charge in [0.1, 0.15) is 24.0 Å². The van der Waals surface area contributed by atoms with Gasteiger partial charge in [-0.15, -0.1) is 0 Å². The molecule has 1 heterocycles. The van der Waals surface area contributed by atoms with Gasteiger partial charge in [-0.2, -0.15) is 0 Å². The molecule has 0 aliphatic carbocycles. The van der Waals surface area contributed by atoms with Crippen LogP contribution in [0, 0.1) is 10.1 Å². The fraction of sp³-hybridized carbons (Fsp3) is 0.500. The van der Waals surface area contributed by atoms with E-state index in [1.807, 2.05) is 0 Å². The van der Waals surface area contributed by atoms with E-state index in [0.717, 1.165) is 0 Å². The van der Waals surface area contributed by atoms with E-state index >= 15 is 0 Å². The van der Waals surface area contributed by atoms with Crippen molar-refractivity contribution in [3.05, 3.63) is 44.8 Å². The second-order valence-corrected chi connectivity index (χ2v) is 4.77. The van der Waals surface area contributed by atoms with Gasteiger partial charge in [0.15, 0.2) is 0 Å². The molecule has 124 valence electrons. The van der Waals surface area contributed by atoms with Crippen molar-refractivity contribution in [3.63, 3.8) is 0 Å². The number of aliphatic hydroxyl groups excluding tert-OH is 3. The number of hydrogen-bond acceptors (Lipinski definition) is 8. The number of aliphatic hydroxyl groups is 3. The van der Waals surface area contributed by atoms with Gasteiger partial charge in [-0.25, -0.2) is 0 Å². The van der Waals surface area contributed by atoms with Crippen LogP contribution in [0.25, 0.3) is 10.4 Å². The summed E-state index contributed by atoms with van der Waals surface area (Å²) in [6.07, 6.45) is -5.35. The number of azide groups is 1. The molecule has 0 unspecified atom stereocenters. The summed E-state index contributed by atoms with van der Waals surface area (Å²) >= 11 is 0. The summed E-state index contributed by atoms with van der Waals surface area (Å²) in [5.74, 6) is 0.166. The molecule has 0 radical (unpaired) electrons. The second kappa shape index (κ2) is 7.22. The molecule has 0 aromatic heterocycles. The number of ether oxygens (including phenoxy) is 2. The zero-order chi connectivity index (χ0) is 17.0. The van der Waals surface area contributed by atoms with Crippen molar-refractivity contribution in [2.24, 2.45) is 5.11 Å². The Bertz CT molecular complexity index is 604. The molecule has 11 nitrogen and oxygen atoms in total. The first kappa shape index (κ1) is 16.9. The molecule has 0 amide bonds. The standard InChI is InChI=1S/C12H14N4O7/c13-15-14-9-11(19)10(18)8(5-17)23-12(9)22-7-3-1-6(2-4-7)16(20)21/h1-4,8-12,17-19H,5H2/t8-,9+,10+,11-,12+/m0/s1. The maximum Gasteiger partial charge on any atom is 0.269 e. The van der Waals surface area contributed by atoms with Crippen LogP contribution >= 0.6 is 0 Å². The number of hydrogen-bond donors (Lipinski definition) is 3. The first-order valence-corrected chi connectivity index (χ1v) is 6.55. The zero-order valence-electron chi connectivity index (χ0n) is 11.7. The van der Waals surface area contributed by atoms with Crippen LogP contribution in [0.5, 0.6) is 5.75 Å². The molecule has 0 bridgehead atoms. The molecule has 1 fully saturated rings. The topological polar surface area (TPSA) is 171 Å². The molecule has 5 atom stereocenters. The molecule has 1 aromatic rings. The minimum Gasteiger partial charge on any atom is -0.464 e. The number of nitrogens with zero attached hydrogens (tertiary/aromatic N) is 4. The molecular weight excluding hydrogens is 312 g/mol. The van der Waals surface area contributed by atoms with Crippen molar-refractivity contribution in [1.29, 1.82) is 0 Å². The van der Waals surface area contributed by atoms with Crippen LogP contribution < -0.4 is 4.74 Å². The maximum absolute atomic E-state index is 10.6. The molecule has 1 saturated heterocycles. The molecule has 0 saturated carbocycles. The van der Waals surface area contributed by atoms with Gasteiger partial charge >= 0.3 is 0 Å². The lowest BCUT2D eigenvalue weighted by molar-refractivity contribution is -0.384. The summed E-state index contributed by atoms with van der Waals surface area (Å²) in [6.45, 7) is -0.582. The molecule has 1 aliphatic heterocycles. The van der Waals surface area contributed by atoms with E-state index in [0.29, 0.717) is 0 Å². The van der Waals surface area contributed by atoms with E-state index in [-0.39, 0.29) is 11.4 Å². The minimum absolute atomic E-state index is 0.141. The van der Waals surface area contributed by atoms with Gasteiger partial charge in [0.25, 0.3) is 5.69 Å². The lowest BCUT2D eigenvalue weighted by Crippen LogP contribution is -2.59. The summed E-state index contributed by atoms with van der Waals surface area (Å²) < 4.78 is 10.7. The Morgan fingerprint density at radius 2 is 2.00 bits per heavy atom. The second-order valence-electron chi connectivity index (χ2n) is 4.77. The molecule has 2 rings (SSSR count). The van der Waals surface area contributed by atoms with E-state index in [1.54, 1.807) is 0 Å². The third kappa shape index (κ3) is 3.67. The highest BCUT2D eigenvalue weighted by molar-refractivity contribution is 5.36. The van der Waals surface area contributed by atoms with Gasteiger partial charge in [0, 0.05) is 17.0 Å². The van der Waals surface area contributed by atoms with Gasteiger partial charge in [-0.1, -0.05) is 5.11 Å². The molecule has 1 aromatic carbocycles. The van der Waals surface area contributed by atoms with Crippen molar-refractivity contribution in [2.45, 2.75) is 30.6 Å². The lowest BCUT2D eigenvalue weighted by atomic mass is 9.98. The van der Waals surface area contributed by atoms with Crippen molar-refractivity contribution >= 4 is 5.69 Å². The fourth-order valence-corrected chi connectivity index (χ4v) is 2.13. The van der Waals surface area contributed by atoms with Gasteiger partial charge < -0.3 is 24.8 Å². The van der Waals surface area contributed by atoms with E-state index in [1.165, 1.54) is 24.3 Å². The summed E-state index contributed by atoms with van der Waals surface area (Å²) in [6, 6.07) is 3.76. The summed E-state index contributed by atoms with van der Waals surface area (Å²) in [5, 5.41) is 42.8. The summed E-state index contributed by atoms with van der Waals surface area (Å²) in [5.41, 5.74) is 8.42. The zero-order valence-corrected chi connectivity index (χ0v) is 11.7. The Morgan fingerprint density at radius 1 is 1.35 bits per heavy atom. The maximum atomic E-state index is 10.6. The van der Waals surface area contributed by atoms with Crippen LogP contribution in [0.3, 0.4) is 0 Å². The highest BCUT2D eigenvalue weighted by Crippen LogP contribution is 2.27. The van der Waals surface area contributed by atoms with Crippen molar-refractivity contribution in [1.82, 2.24) is 0 Å². The Kier molecular flexibility index (Phi) is 5.32. The molecule has 3 N–H and O–H groups in total. The molecule has 0 spiro atoms. The van der Waals surface area contributed by atoms with Crippen LogP contribution in [0.15, 0.2) is 29.4 Å². The van der Waals surface area contributed by atoms with Crippen LogP contribution in [-0.2, 0) is 4.74 Å². The normalized spacial score (nSPS) is 30.3. The lowest BCUT2D eigenvalue weighted by Gasteiger charge is -2.40. The average molecular weight is 326 g/mol. The van der Waals surface area contributed by atoms with Crippen molar-refractivity contribution in [2.75, 3.05) is 6.61 Å². The number of non-ortho nitro benzene ring substituents is 1. The third-order valence-corrected chi connectivity index (χ3v) is 3.33. The third-order valence-electron chi connectivity index (χ3n) is 3.33. The quantitative estimate of drug-likeness (QED) is 0.226. The minimum atomic E-state index is -1.50. The first-order valence-electron chi connectivity index (χ1n) is 6.55. The van der Waals surface area contributed by atoms with Crippen molar-refractivity contribution in [3.8, 4) is 5.75 Å². The Labute approximate surface area is 129 Å². The largest absolute Gasteiger partial charge is 0.464 e. The number of nitro groups is 1. The van der Waals surface area contributed by atoms with Crippen LogP contribution in [0.2, 0.25) is 0 Å².